The van der Waals surface area contributed by atoms with E-state index in [0.717, 1.165) is 95.3 Å². The van der Waals surface area contributed by atoms with E-state index in [1.165, 1.54) is 231 Å². The zero-order valence-electron chi connectivity index (χ0n) is 54.0. The zero-order chi connectivity index (χ0) is 59.6. The van der Waals surface area contributed by atoms with Gasteiger partial charge in [0.1, 0.15) is 0 Å². The van der Waals surface area contributed by atoms with Gasteiger partial charge in [-0.15, -0.1) is 0 Å². The van der Waals surface area contributed by atoms with Gasteiger partial charge in [-0.05, 0) is 83.3 Å². The van der Waals surface area contributed by atoms with Crippen molar-refractivity contribution in [1.82, 2.24) is 0 Å². The van der Waals surface area contributed by atoms with Crippen molar-refractivity contribution in [2.24, 2.45) is 0 Å². The Balaban J connectivity index is 1.29. The molecule has 0 saturated carbocycles. The van der Waals surface area contributed by atoms with Crippen molar-refractivity contribution in [2.75, 3.05) is 26.4 Å². The number of unbranched alkanes of at least 4 members (excludes halogenated alkanes) is 36. The Morgan fingerprint density at radius 3 is 0.702 bits per heavy atom. The van der Waals surface area contributed by atoms with E-state index in [9.17, 15) is 0 Å². The molecule has 0 spiro atoms. The van der Waals surface area contributed by atoms with Crippen molar-refractivity contribution in [1.29, 1.82) is 0 Å². The van der Waals surface area contributed by atoms with Crippen LogP contribution in [-0.4, -0.2) is 36.2 Å². The smallest absolute Gasteiger partial charge is 0.161 e. The van der Waals surface area contributed by atoms with E-state index in [2.05, 4.69) is 137 Å². The van der Waals surface area contributed by atoms with Crippen LogP contribution in [-0.2, 0) is 0 Å². The Morgan fingerprint density at radius 2 is 0.452 bits per heavy atom. The van der Waals surface area contributed by atoms with Crippen molar-refractivity contribution in [3.05, 3.63) is 118 Å². The maximum atomic E-state index is 6.46. The molecule has 0 radical (unpaired) electrons. The summed E-state index contributed by atoms with van der Waals surface area (Å²) in [7, 11) is 0. The number of hydrogen-bond donors (Lipinski definition) is 0. The van der Waals surface area contributed by atoms with E-state index in [-0.39, 0.29) is 0 Å². The fourth-order valence-electron chi connectivity index (χ4n) is 10.9. The molecule has 0 saturated heterocycles. The molecule has 0 aliphatic heterocycles. The summed E-state index contributed by atoms with van der Waals surface area (Å²) in [6.45, 7) is 12.0. The van der Waals surface area contributed by atoms with Gasteiger partial charge < -0.3 is 18.9 Å². The van der Waals surface area contributed by atoms with Crippen LogP contribution in [0.5, 0.6) is 23.0 Å². The number of thiocarbonyl (C=S) groups is 2. The molecule has 0 atom stereocenters. The third-order valence-corrected chi connectivity index (χ3v) is 17.5. The fraction of sp³-hybridized carbons (Fsp3) is 0.615. The predicted octanol–water partition coefficient (Wildman–Crippen LogP) is 25.4. The predicted molar refractivity (Wildman–Crippen MR) is 376 cm³/mol. The third kappa shape index (κ3) is 34.2. The summed E-state index contributed by atoms with van der Waals surface area (Å²) in [5.74, 6) is 3.39. The van der Waals surface area contributed by atoms with Crippen molar-refractivity contribution in [3.8, 4) is 23.0 Å². The summed E-state index contributed by atoms with van der Waals surface area (Å²) in [4.78, 5) is 1.37. The van der Waals surface area contributed by atoms with Gasteiger partial charge in [-0.1, -0.05) is 368 Å². The van der Waals surface area contributed by atoms with Crippen molar-refractivity contribution < 1.29 is 18.9 Å². The lowest BCUT2D eigenvalue weighted by Gasteiger charge is -2.14. The Kier molecular flexibility index (Phi) is 42.8. The normalized spacial score (nSPS) is 11.5. The van der Waals surface area contributed by atoms with Crippen molar-refractivity contribution >= 4 is 58.5 Å². The molecule has 466 valence electrons. The highest BCUT2D eigenvalue weighted by molar-refractivity contribution is 7.90. The van der Waals surface area contributed by atoms with Crippen LogP contribution >= 0.6 is 24.4 Å². The van der Waals surface area contributed by atoms with Crippen LogP contribution in [0, 0.1) is 0 Å². The first kappa shape index (κ1) is 72.2. The Morgan fingerprint density at radius 1 is 0.250 bits per heavy atom. The molecule has 0 amide bonds. The van der Waals surface area contributed by atoms with Gasteiger partial charge in [-0.2, -0.15) is 0 Å². The second-order valence-corrected chi connectivity index (χ2v) is 24.9. The maximum absolute atomic E-state index is 6.46. The van der Waals surface area contributed by atoms with E-state index < -0.39 is 0 Å². The van der Waals surface area contributed by atoms with E-state index >= 15 is 0 Å². The molecule has 6 heteroatoms. The summed E-state index contributed by atoms with van der Waals surface area (Å²) < 4.78 is 25.7. The Bertz CT molecular complexity index is 2150. The lowest BCUT2D eigenvalue weighted by Crippen LogP contribution is -2.11. The highest BCUT2D eigenvalue weighted by Crippen LogP contribution is 2.32. The van der Waals surface area contributed by atoms with Gasteiger partial charge in [0.05, 0.1) is 36.2 Å². The van der Waals surface area contributed by atoms with E-state index in [1.54, 1.807) is 0 Å². The van der Waals surface area contributed by atoms with Gasteiger partial charge in [0.25, 0.3) is 0 Å². The lowest BCUT2D eigenvalue weighted by atomic mass is 10.0. The minimum atomic E-state index is 0.683. The SMILES string of the molecule is CCCCCCCCCCCCOc1ccc(/C=C/c2ccc(C(=S)C(=S)c3ccc(/C=C/c4ccc(OCCCCCCCCCCCC)c(OCCCCCCCCCCCC)c4)cc3)cc2)cc1OCCCCCCCCCCCC. The molecule has 0 N–H and O–H groups in total. The van der Waals surface area contributed by atoms with Gasteiger partial charge in [-0.3, -0.25) is 0 Å². The van der Waals surface area contributed by atoms with Crippen LogP contribution < -0.4 is 18.9 Å². The molecular formula is C78H118O4S2. The van der Waals surface area contributed by atoms with E-state index in [1.807, 2.05) is 0 Å². The number of benzene rings is 4. The van der Waals surface area contributed by atoms with Crippen LogP contribution in [0.1, 0.15) is 318 Å². The molecule has 4 aromatic carbocycles. The molecule has 4 nitrogen and oxygen atoms in total. The molecular weight excluding hydrogens is 1060 g/mol. The summed E-state index contributed by atoms with van der Waals surface area (Å²) in [6.07, 6.45) is 61.1. The quantitative estimate of drug-likeness (QED) is 0.0190. The average Bonchev–Trinajstić information content (AvgIpc) is 3.73. The van der Waals surface area contributed by atoms with E-state index in [0.29, 0.717) is 22.9 Å². The first-order valence-corrected chi connectivity index (χ1v) is 35.7. The van der Waals surface area contributed by atoms with Gasteiger partial charge in [-0.25, -0.2) is 0 Å². The Hall–Kier alpha value is -4.26. The van der Waals surface area contributed by atoms with E-state index in [4.69, 9.17) is 43.4 Å². The molecule has 0 aliphatic carbocycles. The molecule has 0 unspecified atom stereocenters. The van der Waals surface area contributed by atoms with Crippen LogP contribution in [0.15, 0.2) is 84.9 Å². The second-order valence-electron chi connectivity index (χ2n) is 24.1. The lowest BCUT2D eigenvalue weighted by molar-refractivity contribution is 0.258. The molecule has 0 aliphatic rings. The van der Waals surface area contributed by atoms with Crippen LogP contribution in [0.2, 0.25) is 0 Å². The zero-order valence-corrected chi connectivity index (χ0v) is 55.6. The molecule has 0 fully saturated rings. The fourth-order valence-corrected chi connectivity index (χ4v) is 11.5. The average molecular weight is 1180 g/mol. The maximum Gasteiger partial charge on any atom is 0.161 e. The number of hydrogen-bond acceptors (Lipinski definition) is 6. The van der Waals surface area contributed by atoms with Crippen molar-refractivity contribution in [3.63, 3.8) is 0 Å². The number of rotatable bonds is 55. The topological polar surface area (TPSA) is 36.9 Å². The first-order valence-electron chi connectivity index (χ1n) is 34.9. The molecule has 4 rings (SSSR count). The highest BCUT2D eigenvalue weighted by Gasteiger charge is 2.12. The summed E-state index contributed by atoms with van der Waals surface area (Å²) in [5, 5.41) is 0. The largest absolute Gasteiger partial charge is 0.490 e. The monoisotopic (exact) mass is 1180 g/mol. The minimum absolute atomic E-state index is 0.683. The second kappa shape index (κ2) is 49.8. The minimum Gasteiger partial charge on any atom is -0.490 e. The van der Waals surface area contributed by atoms with Crippen molar-refractivity contribution in [2.45, 2.75) is 285 Å². The highest BCUT2D eigenvalue weighted by atomic mass is 32.1. The summed E-state index contributed by atoms with van der Waals surface area (Å²) in [5.41, 5.74) is 6.26. The van der Waals surface area contributed by atoms with Crippen LogP contribution in [0.4, 0.5) is 0 Å². The standard InChI is InChI=1S/C78H118O4S2/c1-5-9-13-17-21-25-29-33-37-41-61-79-73-59-53-69(65-75(73)81-63-43-39-35-31-27-23-19-15-11-7-3)47-45-67-49-55-71(56-50-67)77(83)78(84)72-57-51-68(52-58-72)46-48-70-54-60-74(80-62-42-38-34-30-26-22-18-14-10-6-2)76(66-70)82-64-44-40-36-32-28-24-20-16-12-8-4/h45-60,65-66H,5-44,61-64H2,1-4H3/b47-45+,48-46+. The summed E-state index contributed by atoms with van der Waals surface area (Å²) in [6, 6.07) is 29.6. The van der Waals surface area contributed by atoms with Gasteiger partial charge in [0, 0.05) is 0 Å². The molecule has 84 heavy (non-hydrogen) atoms. The van der Waals surface area contributed by atoms with Gasteiger partial charge >= 0.3 is 0 Å². The molecule has 4 aromatic rings. The number of ether oxygens (including phenoxy) is 4. The van der Waals surface area contributed by atoms with Crippen LogP contribution in [0.25, 0.3) is 24.3 Å². The third-order valence-electron chi connectivity index (χ3n) is 16.4. The molecule has 0 heterocycles. The van der Waals surface area contributed by atoms with Gasteiger partial charge in [0.15, 0.2) is 23.0 Å². The molecule has 0 aromatic heterocycles. The van der Waals surface area contributed by atoms with Gasteiger partial charge in [0.2, 0.25) is 0 Å². The van der Waals surface area contributed by atoms with Crippen LogP contribution in [0.3, 0.4) is 0 Å². The Labute approximate surface area is 526 Å². The molecule has 0 bridgehead atoms. The summed E-state index contributed by atoms with van der Waals surface area (Å²) >= 11 is 12.0. The first-order chi connectivity index (χ1) is 41.4.